The number of sulfonamides is 1. The predicted octanol–water partition coefficient (Wildman–Crippen LogP) is 6.40. The van der Waals surface area contributed by atoms with Crippen molar-refractivity contribution >= 4 is 39.4 Å². The summed E-state index contributed by atoms with van der Waals surface area (Å²) in [7, 11) is -3.80. The molecule has 1 spiro atoms. The van der Waals surface area contributed by atoms with E-state index in [0.717, 1.165) is 62.1 Å². The molecule has 1 saturated carbocycles. The molecule has 2 aliphatic carbocycles. The van der Waals surface area contributed by atoms with Crippen LogP contribution in [0.5, 0.6) is 5.75 Å². The molecular weight excluding hydrogens is 616 g/mol. The summed E-state index contributed by atoms with van der Waals surface area (Å²) in [6, 6.07) is 11.3. The fraction of sp³-hybridized carbons (Fsp3) is 0.588. The molecule has 2 aromatic rings. The zero-order valence-corrected chi connectivity index (χ0v) is 27.8. The first-order valence-corrected chi connectivity index (χ1v) is 18.1. The summed E-state index contributed by atoms with van der Waals surface area (Å²) < 4.78 is 45.1. The van der Waals surface area contributed by atoms with Crippen molar-refractivity contribution < 1.29 is 32.2 Å². The molecule has 0 unspecified atom stereocenters. The molecule has 0 bridgehead atoms. The fourth-order valence-corrected chi connectivity index (χ4v) is 8.50. The van der Waals surface area contributed by atoms with Crippen LogP contribution in [0.15, 0.2) is 36.4 Å². The second-order valence-corrected chi connectivity index (χ2v) is 16.2. The van der Waals surface area contributed by atoms with Gasteiger partial charge in [-0.2, -0.15) is 0 Å². The molecule has 6 rings (SSSR count). The van der Waals surface area contributed by atoms with Crippen LogP contribution in [0.25, 0.3) is 0 Å². The van der Waals surface area contributed by atoms with Gasteiger partial charge in [-0.05, 0) is 106 Å². The van der Waals surface area contributed by atoms with E-state index in [1.807, 2.05) is 6.07 Å². The number of hydrogen-bond donors (Lipinski definition) is 1. The van der Waals surface area contributed by atoms with Gasteiger partial charge in [0.2, 0.25) is 10.0 Å². The maximum Gasteiger partial charge on any atom is 0.509 e. The molecule has 2 aliphatic heterocycles. The van der Waals surface area contributed by atoms with Crippen LogP contribution in [-0.2, 0) is 31.3 Å². The van der Waals surface area contributed by atoms with Gasteiger partial charge in [0.15, 0.2) is 5.60 Å². The van der Waals surface area contributed by atoms with Crippen molar-refractivity contribution in [3.8, 4) is 5.75 Å². The third kappa shape index (κ3) is 6.12. The predicted molar refractivity (Wildman–Crippen MR) is 173 cm³/mol. The minimum absolute atomic E-state index is 0.152. The zero-order valence-electron chi connectivity index (χ0n) is 26.3. The lowest BCUT2D eigenvalue weighted by Crippen LogP contribution is -2.54. The Morgan fingerprint density at radius 3 is 2.64 bits per heavy atom. The number of nitrogens with one attached hydrogen (secondary N) is 1. The van der Waals surface area contributed by atoms with Crippen LogP contribution < -0.4 is 14.4 Å². The highest BCUT2D eigenvalue weighted by Gasteiger charge is 2.55. The second kappa shape index (κ2) is 12.3. The molecule has 4 aliphatic rings. The normalized spacial score (nSPS) is 27.5. The molecule has 4 atom stereocenters. The van der Waals surface area contributed by atoms with Crippen LogP contribution >= 0.6 is 11.6 Å². The summed E-state index contributed by atoms with van der Waals surface area (Å²) >= 11 is 6.41. The summed E-state index contributed by atoms with van der Waals surface area (Å²) in [6.45, 7) is 7.28. The minimum Gasteiger partial charge on any atom is -0.490 e. The molecule has 244 valence electrons. The van der Waals surface area contributed by atoms with Gasteiger partial charge in [-0.15, -0.1) is 0 Å². The summed E-state index contributed by atoms with van der Waals surface area (Å²) in [6.07, 6.45) is 6.94. The molecule has 1 saturated heterocycles. The Bertz CT molecular complexity index is 1580. The number of nitrogens with zero attached hydrogens (tertiary/aromatic N) is 1. The van der Waals surface area contributed by atoms with Crippen LogP contribution in [0.3, 0.4) is 0 Å². The lowest BCUT2D eigenvalue weighted by atomic mass is 9.63. The Balaban J connectivity index is 1.36. The van der Waals surface area contributed by atoms with E-state index in [4.69, 9.17) is 25.8 Å². The first kappa shape index (κ1) is 32.0. The Labute approximate surface area is 271 Å². The quantitative estimate of drug-likeness (QED) is 0.308. The Hall–Kier alpha value is -2.98. The number of aryl methyl sites for hydroxylation is 1. The average Bonchev–Trinajstić information content (AvgIpc) is 3.28. The molecule has 2 fully saturated rings. The summed E-state index contributed by atoms with van der Waals surface area (Å²) in [5, 5.41) is -0.0263. The summed E-state index contributed by atoms with van der Waals surface area (Å²) in [5.74, 6) is 0.368. The maximum absolute atomic E-state index is 13.2. The number of carbonyl (C=O) groups is 2. The topological polar surface area (TPSA) is 111 Å². The smallest absolute Gasteiger partial charge is 0.490 e. The van der Waals surface area contributed by atoms with Crippen LogP contribution in [0.1, 0.15) is 87.2 Å². The average molecular weight is 659 g/mol. The highest BCUT2D eigenvalue weighted by Crippen LogP contribution is 2.51. The molecule has 0 radical (unpaired) electrons. The standard InChI is InChI=1S/C34H43ClN2O7S/c1-4-5-15-34(21-43-32(39)44-34)28-11-8-25(28)18-37-19-33(14-6-7-23-16-26(35)10-12-27(23)33)20-42-30-13-9-24(17-29(30)37)31(38)36-45(40,41)22(2)3/h9-10,12-13,16-17,22,25,28H,4-8,11,14-15,18-21H2,1-3H3,(H,36,38)/t25-,28+,33-,34-/m0/s1. The number of benzene rings is 2. The van der Waals surface area contributed by atoms with Crippen LogP contribution in [0.4, 0.5) is 10.5 Å². The number of ether oxygens (including phenoxy) is 3. The lowest BCUT2D eigenvalue weighted by Gasteiger charge is -2.49. The van der Waals surface area contributed by atoms with Gasteiger partial charge in [0.1, 0.15) is 12.4 Å². The number of cyclic esters (lactones) is 2. The number of unbranched alkanes of at least 4 members (excludes halogenated alkanes) is 1. The van der Waals surface area contributed by atoms with Gasteiger partial charge in [-0.1, -0.05) is 31.0 Å². The SMILES string of the molecule is CCCC[C@@]1([C@@H]2CC[C@H]2CN2C[C@@]3(CCCc4cc(Cl)ccc43)COc3ccc(C(=O)NS(=O)(=O)C(C)C)cc32)COC(=O)O1. The van der Waals surface area contributed by atoms with Crippen molar-refractivity contribution in [2.24, 2.45) is 11.8 Å². The van der Waals surface area contributed by atoms with Crippen LogP contribution in [-0.4, -0.2) is 57.6 Å². The van der Waals surface area contributed by atoms with Crippen LogP contribution in [0.2, 0.25) is 5.02 Å². The van der Waals surface area contributed by atoms with Crippen molar-refractivity contribution in [2.75, 3.05) is 31.2 Å². The number of rotatable bonds is 9. The number of hydrogen-bond acceptors (Lipinski definition) is 8. The first-order chi connectivity index (χ1) is 21.4. The van der Waals surface area contributed by atoms with E-state index in [1.54, 1.807) is 18.2 Å². The van der Waals surface area contributed by atoms with E-state index in [0.29, 0.717) is 25.4 Å². The molecule has 0 aromatic heterocycles. The molecule has 1 amide bonds. The monoisotopic (exact) mass is 658 g/mol. The summed E-state index contributed by atoms with van der Waals surface area (Å²) in [4.78, 5) is 27.7. The van der Waals surface area contributed by atoms with Crippen molar-refractivity contribution in [3.63, 3.8) is 0 Å². The Morgan fingerprint density at radius 1 is 1.13 bits per heavy atom. The summed E-state index contributed by atoms with van der Waals surface area (Å²) in [5.41, 5.74) is 2.55. The molecule has 2 aromatic carbocycles. The molecule has 9 nitrogen and oxygen atoms in total. The molecule has 2 heterocycles. The van der Waals surface area contributed by atoms with Gasteiger partial charge in [-0.3, -0.25) is 4.79 Å². The van der Waals surface area contributed by atoms with Gasteiger partial charge in [0, 0.05) is 35.0 Å². The van der Waals surface area contributed by atoms with E-state index in [-0.39, 0.29) is 29.4 Å². The highest BCUT2D eigenvalue weighted by atomic mass is 35.5. The minimum atomic E-state index is -3.80. The largest absolute Gasteiger partial charge is 0.509 e. The van der Waals surface area contributed by atoms with Gasteiger partial charge in [0.25, 0.3) is 5.91 Å². The van der Waals surface area contributed by atoms with Crippen molar-refractivity contribution in [1.82, 2.24) is 4.72 Å². The van der Waals surface area contributed by atoms with E-state index < -0.39 is 32.9 Å². The van der Waals surface area contributed by atoms with Gasteiger partial charge in [0.05, 0.1) is 17.5 Å². The first-order valence-electron chi connectivity index (χ1n) is 16.2. The van der Waals surface area contributed by atoms with E-state index in [9.17, 15) is 18.0 Å². The molecule has 1 N–H and O–H groups in total. The number of carbonyl (C=O) groups excluding carboxylic acids is 2. The van der Waals surface area contributed by atoms with Gasteiger partial charge < -0.3 is 19.1 Å². The number of fused-ring (bicyclic) bond motifs is 3. The third-order valence-corrected chi connectivity index (χ3v) is 12.3. The molecular formula is C34H43ClN2O7S. The Kier molecular flexibility index (Phi) is 8.76. The van der Waals surface area contributed by atoms with Crippen molar-refractivity contribution in [3.05, 3.63) is 58.1 Å². The van der Waals surface area contributed by atoms with Crippen LogP contribution in [0, 0.1) is 11.8 Å². The van der Waals surface area contributed by atoms with Gasteiger partial charge >= 0.3 is 6.16 Å². The third-order valence-electron chi connectivity index (χ3n) is 10.4. The Morgan fingerprint density at radius 2 is 1.96 bits per heavy atom. The molecule has 11 heteroatoms. The lowest BCUT2D eigenvalue weighted by molar-refractivity contribution is -0.0659. The molecule has 45 heavy (non-hydrogen) atoms. The maximum atomic E-state index is 13.2. The van der Waals surface area contributed by atoms with Crippen molar-refractivity contribution in [1.29, 1.82) is 0 Å². The highest BCUT2D eigenvalue weighted by molar-refractivity contribution is 7.90. The zero-order chi connectivity index (χ0) is 32.0. The number of halogens is 1. The number of anilines is 1. The van der Waals surface area contributed by atoms with E-state index >= 15 is 0 Å². The number of amides is 1. The van der Waals surface area contributed by atoms with E-state index in [1.165, 1.54) is 25.0 Å². The van der Waals surface area contributed by atoms with Gasteiger partial charge in [-0.25, -0.2) is 17.9 Å². The van der Waals surface area contributed by atoms with Crippen molar-refractivity contribution in [2.45, 2.75) is 88.4 Å². The second-order valence-electron chi connectivity index (χ2n) is 13.6. The fourth-order valence-electron chi connectivity index (χ4n) is 7.70. The van der Waals surface area contributed by atoms with E-state index in [2.05, 4.69) is 28.7 Å².